The van der Waals surface area contributed by atoms with Crippen molar-refractivity contribution in [1.82, 2.24) is 0 Å². The summed E-state index contributed by atoms with van der Waals surface area (Å²) >= 11 is 0. The lowest BCUT2D eigenvalue weighted by molar-refractivity contribution is 0.302. The maximum absolute atomic E-state index is 2.36. The summed E-state index contributed by atoms with van der Waals surface area (Å²) in [7, 11) is 0. The maximum Gasteiger partial charge on any atom is -0.00990 e. The SMILES string of the molecule is [CH]1C=CC1C1CCCCC1. The van der Waals surface area contributed by atoms with Crippen LogP contribution >= 0.6 is 0 Å². The molecule has 0 heterocycles. The van der Waals surface area contributed by atoms with E-state index in [1.807, 2.05) is 0 Å². The van der Waals surface area contributed by atoms with Crippen molar-refractivity contribution in [2.75, 3.05) is 0 Å². The summed E-state index contributed by atoms with van der Waals surface area (Å²) in [5, 5.41) is 0. The summed E-state index contributed by atoms with van der Waals surface area (Å²) in [6.45, 7) is 0. The molecule has 0 bridgehead atoms. The van der Waals surface area contributed by atoms with Gasteiger partial charge < -0.3 is 0 Å². The van der Waals surface area contributed by atoms with E-state index in [0.717, 1.165) is 11.8 Å². The third-order valence-electron chi connectivity index (χ3n) is 2.86. The highest BCUT2D eigenvalue weighted by Crippen LogP contribution is 2.35. The van der Waals surface area contributed by atoms with Crippen molar-refractivity contribution in [1.29, 1.82) is 0 Å². The monoisotopic (exact) mass is 135 g/mol. The van der Waals surface area contributed by atoms with Crippen LogP contribution in [0.15, 0.2) is 12.2 Å². The number of hydrogen-bond donors (Lipinski definition) is 0. The molecule has 10 heavy (non-hydrogen) atoms. The van der Waals surface area contributed by atoms with Crippen LogP contribution in [0.1, 0.15) is 32.1 Å². The smallest absolute Gasteiger partial charge is 0.00990 e. The van der Waals surface area contributed by atoms with Gasteiger partial charge in [-0.1, -0.05) is 31.4 Å². The number of hydrogen-bond acceptors (Lipinski definition) is 0. The molecule has 2 aliphatic carbocycles. The Bertz CT molecular complexity index is 129. The van der Waals surface area contributed by atoms with E-state index in [2.05, 4.69) is 18.6 Å². The Morgan fingerprint density at radius 2 is 1.70 bits per heavy atom. The summed E-state index contributed by atoms with van der Waals surface area (Å²) in [6.07, 6.45) is 14.3. The minimum atomic E-state index is 0.861. The average Bonchev–Trinajstić information content (AvgIpc) is 1.86. The van der Waals surface area contributed by atoms with Crippen LogP contribution in [0.25, 0.3) is 0 Å². The second-order valence-corrected chi connectivity index (χ2v) is 3.55. The fraction of sp³-hybridized carbons (Fsp3) is 0.700. The molecule has 1 fully saturated rings. The van der Waals surface area contributed by atoms with Gasteiger partial charge in [0.25, 0.3) is 0 Å². The molecule has 0 aliphatic heterocycles. The Morgan fingerprint density at radius 3 is 2.20 bits per heavy atom. The quantitative estimate of drug-likeness (QED) is 0.518. The third-order valence-corrected chi connectivity index (χ3v) is 2.86. The van der Waals surface area contributed by atoms with Gasteiger partial charge in [-0.15, -0.1) is 0 Å². The molecule has 1 atom stereocenters. The fourth-order valence-electron chi connectivity index (χ4n) is 2.07. The largest absolute Gasteiger partial charge is 0.0842 e. The highest BCUT2D eigenvalue weighted by atomic mass is 14.3. The van der Waals surface area contributed by atoms with Crippen molar-refractivity contribution >= 4 is 0 Å². The van der Waals surface area contributed by atoms with Gasteiger partial charge in [0.1, 0.15) is 0 Å². The van der Waals surface area contributed by atoms with Crippen molar-refractivity contribution in [2.45, 2.75) is 32.1 Å². The topological polar surface area (TPSA) is 0 Å². The summed E-state index contributed by atoms with van der Waals surface area (Å²) in [5.74, 6) is 1.87. The van der Waals surface area contributed by atoms with Gasteiger partial charge in [0.05, 0.1) is 0 Å². The van der Waals surface area contributed by atoms with Crippen molar-refractivity contribution in [3.05, 3.63) is 18.6 Å². The zero-order valence-corrected chi connectivity index (χ0v) is 6.42. The van der Waals surface area contributed by atoms with Gasteiger partial charge in [-0.05, 0) is 31.1 Å². The Morgan fingerprint density at radius 1 is 1.00 bits per heavy atom. The van der Waals surface area contributed by atoms with Crippen LogP contribution in [-0.4, -0.2) is 0 Å². The predicted molar refractivity (Wildman–Crippen MR) is 43.5 cm³/mol. The molecule has 0 aromatic heterocycles. The van der Waals surface area contributed by atoms with Crippen LogP contribution in [0.2, 0.25) is 0 Å². The van der Waals surface area contributed by atoms with Gasteiger partial charge >= 0.3 is 0 Å². The minimum Gasteiger partial charge on any atom is -0.0842 e. The maximum atomic E-state index is 2.36. The molecular formula is C10H15. The van der Waals surface area contributed by atoms with Crippen molar-refractivity contribution in [2.24, 2.45) is 11.8 Å². The van der Waals surface area contributed by atoms with E-state index >= 15 is 0 Å². The lowest BCUT2D eigenvalue weighted by Gasteiger charge is -2.30. The summed E-state index contributed by atoms with van der Waals surface area (Å²) in [6, 6.07) is 0. The first-order valence-electron chi connectivity index (χ1n) is 4.48. The molecule has 1 unspecified atom stereocenters. The summed E-state index contributed by atoms with van der Waals surface area (Å²) in [5.41, 5.74) is 0. The zero-order valence-electron chi connectivity index (χ0n) is 6.42. The van der Waals surface area contributed by atoms with Crippen molar-refractivity contribution in [3.8, 4) is 0 Å². The number of rotatable bonds is 1. The van der Waals surface area contributed by atoms with Crippen LogP contribution < -0.4 is 0 Å². The molecule has 0 N–H and O–H groups in total. The average molecular weight is 135 g/mol. The van der Waals surface area contributed by atoms with E-state index in [0.29, 0.717) is 0 Å². The lowest BCUT2D eigenvalue weighted by Crippen LogP contribution is -2.19. The van der Waals surface area contributed by atoms with E-state index in [4.69, 9.17) is 0 Å². The molecule has 2 aliphatic rings. The van der Waals surface area contributed by atoms with Gasteiger partial charge in [-0.25, -0.2) is 0 Å². The van der Waals surface area contributed by atoms with Crippen molar-refractivity contribution < 1.29 is 0 Å². The highest BCUT2D eigenvalue weighted by Gasteiger charge is 2.23. The van der Waals surface area contributed by atoms with Crippen LogP contribution in [-0.2, 0) is 0 Å². The van der Waals surface area contributed by atoms with Crippen LogP contribution in [0.3, 0.4) is 0 Å². The van der Waals surface area contributed by atoms with Crippen LogP contribution in [0.4, 0.5) is 0 Å². The molecule has 0 amide bonds. The highest BCUT2D eigenvalue weighted by molar-refractivity contribution is 5.18. The van der Waals surface area contributed by atoms with Gasteiger partial charge in [-0.2, -0.15) is 0 Å². The Balaban J connectivity index is 1.85. The minimum absolute atomic E-state index is 0.861. The van der Waals surface area contributed by atoms with Crippen molar-refractivity contribution in [3.63, 3.8) is 0 Å². The van der Waals surface area contributed by atoms with Gasteiger partial charge in [0.15, 0.2) is 0 Å². The zero-order chi connectivity index (χ0) is 6.81. The normalized spacial score (nSPS) is 33.8. The lowest BCUT2D eigenvalue weighted by atomic mass is 9.75. The Labute approximate surface area is 63.3 Å². The molecule has 0 saturated heterocycles. The summed E-state index contributed by atoms with van der Waals surface area (Å²) in [4.78, 5) is 0. The van der Waals surface area contributed by atoms with E-state index in [9.17, 15) is 0 Å². The van der Waals surface area contributed by atoms with E-state index in [1.54, 1.807) is 0 Å². The molecule has 0 nitrogen and oxygen atoms in total. The Kier molecular flexibility index (Phi) is 1.79. The fourth-order valence-corrected chi connectivity index (χ4v) is 2.07. The molecule has 1 radical (unpaired) electrons. The summed E-state index contributed by atoms with van der Waals surface area (Å²) < 4.78 is 0. The molecule has 0 aromatic rings. The first-order valence-corrected chi connectivity index (χ1v) is 4.48. The van der Waals surface area contributed by atoms with E-state index < -0.39 is 0 Å². The van der Waals surface area contributed by atoms with E-state index in [1.165, 1.54) is 32.1 Å². The molecule has 1 saturated carbocycles. The van der Waals surface area contributed by atoms with Crippen LogP contribution in [0.5, 0.6) is 0 Å². The van der Waals surface area contributed by atoms with E-state index in [-0.39, 0.29) is 0 Å². The first-order chi connectivity index (χ1) is 4.97. The second-order valence-electron chi connectivity index (χ2n) is 3.55. The van der Waals surface area contributed by atoms with Gasteiger partial charge in [0.2, 0.25) is 0 Å². The first kappa shape index (κ1) is 6.45. The van der Waals surface area contributed by atoms with Gasteiger partial charge in [0, 0.05) is 0 Å². The molecular weight excluding hydrogens is 120 g/mol. The molecule has 0 aromatic carbocycles. The molecule has 0 spiro atoms. The van der Waals surface area contributed by atoms with Gasteiger partial charge in [-0.3, -0.25) is 0 Å². The van der Waals surface area contributed by atoms with Crippen LogP contribution in [0, 0.1) is 18.3 Å². The third kappa shape index (κ3) is 1.12. The molecule has 0 heteroatoms. The Hall–Kier alpha value is -0.260. The second kappa shape index (κ2) is 2.77. The standard InChI is InChI=1S/C10H15/c1-2-5-9(6-3-1)10-7-4-8-10/h4,7-10H,1-3,5-6H2. The molecule has 2 rings (SSSR count). The number of allylic oxidation sites excluding steroid dienone is 2. The predicted octanol–water partition coefficient (Wildman–Crippen LogP) is 2.96. The molecule has 55 valence electrons.